The second-order valence-electron chi connectivity index (χ2n) is 4.70. The highest BCUT2D eigenvalue weighted by Crippen LogP contribution is 2.20. The smallest absolute Gasteiger partial charge is 0.225 e. The van der Waals surface area contributed by atoms with Crippen molar-refractivity contribution in [2.75, 3.05) is 24.5 Å². The number of aliphatic hydroxyl groups is 1. The zero-order chi connectivity index (χ0) is 12.3. The lowest BCUT2D eigenvalue weighted by molar-refractivity contribution is 0.181. The van der Waals surface area contributed by atoms with Crippen molar-refractivity contribution in [2.24, 2.45) is 11.7 Å². The predicted octanol–water partition coefficient (Wildman–Crippen LogP) is 0.705. The van der Waals surface area contributed by atoms with Crippen molar-refractivity contribution in [3.8, 4) is 0 Å². The second kappa shape index (κ2) is 5.42. The maximum Gasteiger partial charge on any atom is 0.225 e. The Morgan fingerprint density at radius 3 is 2.88 bits per heavy atom. The molecule has 1 saturated heterocycles. The molecular formula is C12H20N4O. The summed E-state index contributed by atoms with van der Waals surface area (Å²) in [4.78, 5) is 10.8. The van der Waals surface area contributed by atoms with E-state index < -0.39 is 6.10 Å². The van der Waals surface area contributed by atoms with Gasteiger partial charge in [0.1, 0.15) is 6.10 Å². The largest absolute Gasteiger partial charge is 0.385 e. The van der Waals surface area contributed by atoms with Gasteiger partial charge in [0.2, 0.25) is 5.95 Å². The third-order valence-corrected chi connectivity index (χ3v) is 3.30. The van der Waals surface area contributed by atoms with Crippen molar-refractivity contribution in [3.63, 3.8) is 0 Å². The van der Waals surface area contributed by atoms with E-state index >= 15 is 0 Å². The molecule has 5 nitrogen and oxygen atoms in total. The fourth-order valence-electron chi connectivity index (χ4n) is 2.03. The standard InChI is InChI=1S/C12H20N4O/c1-9-3-6-16(7-4-9)12-14-5-2-10(15-12)11(17)8-13/h2,5,9,11,17H,3-4,6-8,13H2,1H3. The molecule has 0 bridgehead atoms. The van der Waals surface area contributed by atoms with Crippen LogP contribution in [0.3, 0.4) is 0 Å². The summed E-state index contributed by atoms with van der Waals surface area (Å²) in [6.07, 6.45) is 3.34. The SMILES string of the molecule is CC1CCN(c2nccc(C(O)CN)n2)CC1. The molecular weight excluding hydrogens is 216 g/mol. The Balaban J connectivity index is 2.10. The molecule has 94 valence electrons. The van der Waals surface area contributed by atoms with Crippen LogP contribution in [-0.4, -0.2) is 34.7 Å². The van der Waals surface area contributed by atoms with Crippen LogP contribution in [0.5, 0.6) is 0 Å². The Morgan fingerprint density at radius 1 is 1.53 bits per heavy atom. The number of nitrogens with two attached hydrogens (primary N) is 1. The number of hydrogen-bond acceptors (Lipinski definition) is 5. The van der Waals surface area contributed by atoms with E-state index in [1.54, 1.807) is 12.3 Å². The van der Waals surface area contributed by atoms with Crippen LogP contribution in [0.2, 0.25) is 0 Å². The van der Waals surface area contributed by atoms with Gasteiger partial charge in [0.25, 0.3) is 0 Å². The van der Waals surface area contributed by atoms with Crippen LogP contribution in [0.1, 0.15) is 31.6 Å². The first-order valence-corrected chi connectivity index (χ1v) is 6.16. The van der Waals surface area contributed by atoms with Gasteiger partial charge in [-0.3, -0.25) is 0 Å². The number of aliphatic hydroxyl groups excluding tert-OH is 1. The summed E-state index contributed by atoms with van der Waals surface area (Å²) < 4.78 is 0. The van der Waals surface area contributed by atoms with E-state index in [-0.39, 0.29) is 6.54 Å². The number of rotatable bonds is 3. The van der Waals surface area contributed by atoms with Gasteiger partial charge in [-0.25, -0.2) is 9.97 Å². The highest BCUT2D eigenvalue weighted by Gasteiger charge is 2.18. The van der Waals surface area contributed by atoms with Crippen LogP contribution in [-0.2, 0) is 0 Å². The molecule has 1 aromatic rings. The predicted molar refractivity (Wildman–Crippen MR) is 66.7 cm³/mol. The van der Waals surface area contributed by atoms with Gasteiger partial charge >= 0.3 is 0 Å². The monoisotopic (exact) mass is 236 g/mol. The van der Waals surface area contributed by atoms with Gasteiger partial charge in [-0.05, 0) is 24.8 Å². The van der Waals surface area contributed by atoms with Crippen LogP contribution in [0.4, 0.5) is 5.95 Å². The number of anilines is 1. The summed E-state index contributed by atoms with van der Waals surface area (Å²) in [5.41, 5.74) is 6.03. The second-order valence-corrected chi connectivity index (χ2v) is 4.70. The highest BCUT2D eigenvalue weighted by molar-refractivity contribution is 5.31. The molecule has 17 heavy (non-hydrogen) atoms. The van der Waals surface area contributed by atoms with Gasteiger partial charge < -0.3 is 15.7 Å². The topological polar surface area (TPSA) is 75.3 Å². The van der Waals surface area contributed by atoms with Gasteiger partial charge in [0, 0.05) is 25.8 Å². The Kier molecular flexibility index (Phi) is 3.91. The number of hydrogen-bond donors (Lipinski definition) is 2. The minimum Gasteiger partial charge on any atom is -0.385 e. The zero-order valence-electron chi connectivity index (χ0n) is 10.2. The molecule has 0 radical (unpaired) electrons. The fourth-order valence-corrected chi connectivity index (χ4v) is 2.03. The van der Waals surface area contributed by atoms with E-state index in [9.17, 15) is 5.11 Å². The fraction of sp³-hybridized carbons (Fsp3) is 0.667. The maximum absolute atomic E-state index is 9.66. The average molecular weight is 236 g/mol. The molecule has 0 aliphatic carbocycles. The van der Waals surface area contributed by atoms with Crippen molar-refractivity contribution in [2.45, 2.75) is 25.9 Å². The lowest BCUT2D eigenvalue weighted by Crippen LogP contribution is -2.34. The quantitative estimate of drug-likeness (QED) is 0.808. The van der Waals surface area contributed by atoms with Gasteiger partial charge in [-0.2, -0.15) is 0 Å². The maximum atomic E-state index is 9.66. The zero-order valence-corrected chi connectivity index (χ0v) is 10.2. The third kappa shape index (κ3) is 2.92. The molecule has 1 aliphatic rings. The van der Waals surface area contributed by atoms with E-state index in [1.807, 2.05) is 0 Å². The van der Waals surface area contributed by atoms with E-state index in [1.165, 1.54) is 12.8 Å². The van der Waals surface area contributed by atoms with E-state index in [4.69, 9.17) is 5.73 Å². The molecule has 1 aliphatic heterocycles. The first-order valence-electron chi connectivity index (χ1n) is 6.16. The molecule has 1 aromatic heterocycles. The Bertz CT molecular complexity index is 363. The highest BCUT2D eigenvalue weighted by atomic mass is 16.3. The van der Waals surface area contributed by atoms with Gasteiger partial charge in [0.05, 0.1) is 5.69 Å². The normalized spacial score (nSPS) is 19.4. The van der Waals surface area contributed by atoms with Crippen molar-refractivity contribution in [1.29, 1.82) is 0 Å². The summed E-state index contributed by atoms with van der Waals surface area (Å²) in [5.74, 6) is 1.49. The van der Waals surface area contributed by atoms with Crippen LogP contribution in [0, 0.1) is 5.92 Å². The molecule has 2 heterocycles. The molecule has 0 aromatic carbocycles. The average Bonchev–Trinajstić information content (AvgIpc) is 2.39. The first kappa shape index (κ1) is 12.3. The minimum absolute atomic E-state index is 0.188. The molecule has 1 atom stereocenters. The summed E-state index contributed by atoms with van der Waals surface area (Å²) in [6, 6.07) is 1.72. The van der Waals surface area contributed by atoms with Crippen LogP contribution in [0.15, 0.2) is 12.3 Å². The van der Waals surface area contributed by atoms with Crippen molar-refractivity contribution >= 4 is 5.95 Å². The number of aromatic nitrogens is 2. The van der Waals surface area contributed by atoms with Crippen molar-refractivity contribution in [1.82, 2.24) is 9.97 Å². The molecule has 0 saturated carbocycles. The Morgan fingerprint density at radius 2 is 2.24 bits per heavy atom. The van der Waals surface area contributed by atoms with Crippen molar-refractivity contribution in [3.05, 3.63) is 18.0 Å². The summed E-state index contributed by atoms with van der Waals surface area (Å²) in [6.45, 7) is 4.44. The lowest BCUT2D eigenvalue weighted by atomic mass is 10.00. The molecule has 1 unspecified atom stereocenters. The molecule has 2 rings (SSSR count). The molecule has 3 N–H and O–H groups in total. The van der Waals surface area contributed by atoms with Gasteiger partial charge in [0.15, 0.2) is 0 Å². The minimum atomic E-state index is -0.694. The molecule has 0 spiro atoms. The Labute approximate surface area is 102 Å². The van der Waals surface area contributed by atoms with Crippen molar-refractivity contribution < 1.29 is 5.11 Å². The molecule has 0 amide bonds. The summed E-state index contributed by atoms with van der Waals surface area (Å²) in [5, 5.41) is 9.66. The van der Waals surface area contributed by atoms with Crippen LogP contribution in [0.25, 0.3) is 0 Å². The van der Waals surface area contributed by atoms with E-state index in [2.05, 4.69) is 21.8 Å². The van der Waals surface area contributed by atoms with E-state index in [0.717, 1.165) is 19.0 Å². The third-order valence-electron chi connectivity index (χ3n) is 3.30. The molecule has 1 fully saturated rings. The Hall–Kier alpha value is -1.20. The first-order chi connectivity index (χ1) is 8.20. The summed E-state index contributed by atoms with van der Waals surface area (Å²) in [7, 11) is 0. The van der Waals surface area contributed by atoms with Crippen LogP contribution < -0.4 is 10.6 Å². The number of nitrogens with zero attached hydrogens (tertiary/aromatic N) is 3. The van der Waals surface area contributed by atoms with E-state index in [0.29, 0.717) is 11.6 Å². The van der Waals surface area contributed by atoms with Gasteiger partial charge in [-0.15, -0.1) is 0 Å². The summed E-state index contributed by atoms with van der Waals surface area (Å²) >= 11 is 0. The lowest BCUT2D eigenvalue weighted by Gasteiger charge is -2.30. The molecule has 5 heteroatoms. The van der Waals surface area contributed by atoms with Crippen LogP contribution >= 0.6 is 0 Å². The van der Waals surface area contributed by atoms with Gasteiger partial charge in [-0.1, -0.05) is 6.92 Å². The number of piperidine rings is 1.